The maximum atomic E-state index is 12.7. The Bertz CT molecular complexity index is 759. The van der Waals surface area contributed by atoms with E-state index >= 15 is 0 Å². The maximum absolute atomic E-state index is 12.7. The van der Waals surface area contributed by atoms with Gasteiger partial charge in [-0.15, -0.1) is 0 Å². The lowest BCUT2D eigenvalue weighted by Gasteiger charge is -2.34. The van der Waals surface area contributed by atoms with Crippen LogP contribution in [0.5, 0.6) is 0 Å². The Labute approximate surface area is 140 Å². The smallest absolute Gasteiger partial charge is 0.323 e. The fourth-order valence-corrected chi connectivity index (χ4v) is 3.45. The fourth-order valence-electron chi connectivity index (χ4n) is 3.45. The number of hydrogen-bond donors (Lipinski definition) is 2. The highest BCUT2D eigenvalue weighted by Crippen LogP contribution is 2.32. The van der Waals surface area contributed by atoms with Crippen LogP contribution in [0.25, 0.3) is 10.9 Å². The normalized spacial score (nSPS) is 16.9. The van der Waals surface area contributed by atoms with Crippen molar-refractivity contribution in [1.29, 1.82) is 0 Å². The second kappa shape index (κ2) is 6.65. The lowest BCUT2D eigenvalue weighted by molar-refractivity contribution is -0.141. The van der Waals surface area contributed by atoms with Gasteiger partial charge in [-0.25, -0.2) is 0 Å². The van der Waals surface area contributed by atoms with Crippen LogP contribution in [0, 0.1) is 0 Å². The predicted molar refractivity (Wildman–Crippen MR) is 91.0 cm³/mol. The Hall–Kier alpha value is -2.34. The SMILES string of the molecule is COC1(C(=O)Nc2ccc3c(ccn3CC(=O)O)c2)CCCCC1. The zero-order valence-electron chi connectivity index (χ0n) is 13.7. The first-order valence-electron chi connectivity index (χ1n) is 8.21. The number of rotatable bonds is 5. The van der Waals surface area contributed by atoms with Crippen molar-refractivity contribution in [3.63, 3.8) is 0 Å². The molecule has 1 fully saturated rings. The molecular formula is C18H22N2O4. The van der Waals surface area contributed by atoms with Gasteiger partial charge in [0.1, 0.15) is 12.1 Å². The van der Waals surface area contributed by atoms with Gasteiger partial charge in [0.05, 0.1) is 0 Å². The van der Waals surface area contributed by atoms with Gasteiger partial charge < -0.3 is 19.7 Å². The van der Waals surface area contributed by atoms with Crippen LogP contribution in [0.3, 0.4) is 0 Å². The van der Waals surface area contributed by atoms with Gasteiger partial charge in [-0.05, 0) is 37.1 Å². The number of carboxylic acids is 1. The molecule has 2 aromatic rings. The minimum Gasteiger partial charge on any atom is -0.480 e. The van der Waals surface area contributed by atoms with E-state index in [0.29, 0.717) is 5.69 Å². The molecule has 0 spiro atoms. The molecule has 6 heteroatoms. The van der Waals surface area contributed by atoms with Crippen molar-refractivity contribution in [2.45, 2.75) is 44.2 Å². The second-order valence-electron chi connectivity index (χ2n) is 6.32. The number of carbonyl (C=O) groups is 2. The van der Waals surface area contributed by atoms with E-state index in [4.69, 9.17) is 9.84 Å². The first-order valence-corrected chi connectivity index (χ1v) is 8.21. The summed E-state index contributed by atoms with van der Waals surface area (Å²) in [4.78, 5) is 23.6. The number of amides is 1. The first-order chi connectivity index (χ1) is 11.5. The van der Waals surface area contributed by atoms with Crippen molar-refractivity contribution in [3.8, 4) is 0 Å². The molecule has 3 rings (SSSR count). The molecule has 2 N–H and O–H groups in total. The number of aliphatic carboxylic acids is 1. The molecule has 0 radical (unpaired) electrons. The van der Waals surface area contributed by atoms with Gasteiger partial charge >= 0.3 is 5.97 Å². The number of carboxylic acid groups (broad SMARTS) is 1. The summed E-state index contributed by atoms with van der Waals surface area (Å²) in [5.41, 5.74) is 0.791. The quantitative estimate of drug-likeness (QED) is 0.883. The number of anilines is 1. The van der Waals surface area contributed by atoms with Crippen LogP contribution in [0.2, 0.25) is 0 Å². The molecular weight excluding hydrogens is 308 g/mol. The summed E-state index contributed by atoms with van der Waals surface area (Å²) in [6.45, 7) is -0.0814. The summed E-state index contributed by atoms with van der Waals surface area (Å²) in [5, 5.41) is 12.8. The minimum absolute atomic E-state index is 0.0814. The number of carbonyl (C=O) groups excluding carboxylic acids is 1. The molecule has 0 aliphatic heterocycles. The Balaban J connectivity index is 1.80. The molecule has 1 amide bonds. The summed E-state index contributed by atoms with van der Waals surface area (Å²) >= 11 is 0. The number of ether oxygens (including phenoxy) is 1. The van der Waals surface area contributed by atoms with E-state index in [-0.39, 0.29) is 12.5 Å². The number of methoxy groups -OCH3 is 1. The lowest BCUT2D eigenvalue weighted by atomic mass is 9.84. The zero-order chi connectivity index (χ0) is 17.2. The largest absolute Gasteiger partial charge is 0.480 e. The van der Waals surface area contributed by atoms with E-state index in [1.165, 1.54) is 0 Å². The van der Waals surface area contributed by atoms with Crippen molar-refractivity contribution < 1.29 is 19.4 Å². The number of benzene rings is 1. The van der Waals surface area contributed by atoms with Crippen LogP contribution < -0.4 is 5.32 Å². The summed E-state index contributed by atoms with van der Waals surface area (Å²) in [6, 6.07) is 7.33. The highest BCUT2D eigenvalue weighted by molar-refractivity contribution is 5.99. The molecule has 1 aromatic heterocycles. The molecule has 0 bridgehead atoms. The summed E-state index contributed by atoms with van der Waals surface area (Å²) in [6.07, 6.45) is 6.36. The average molecular weight is 330 g/mol. The highest BCUT2D eigenvalue weighted by Gasteiger charge is 2.39. The van der Waals surface area contributed by atoms with Gasteiger partial charge in [-0.1, -0.05) is 19.3 Å². The van der Waals surface area contributed by atoms with Crippen molar-refractivity contribution >= 4 is 28.5 Å². The molecule has 1 saturated carbocycles. The molecule has 1 aliphatic rings. The predicted octanol–water partition coefficient (Wildman–Crippen LogP) is 3.01. The van der Waals surface area contributed by atoms with E-state index in [2.05, 4.69) is 5.32 Å². The molecule has 0 atom stereocenters. The lowest BCUT2D eigenvalue weighted by Crippen LogP contribution is -2.46. The molecule has 1 aromatic carbocycles. The monoisotopic (exact) mass is 330 g/mol. The van der Waals surface area contributed by atoms with Crippen molar-refractivity contribution in [2.24, 2.45) is 0 Å². The van der Waals surface area contributed by atoms with Crippen LogP contribution >= 0.6 is 0 Å². The number of nitrogens with one attached hydrogen (secondary N) is 1. The van der Waals surface area contributed by atoms with Gasteiger partial charge in [0, 0.05) is 29.9 Å². The second-order valence-corrected chi connectivity index (χ2v) is 6.32. The van der Waals surface area contributed by atoms with Gasteiger partial charge in [0.15, 0.2) is 0 Å². The molecule has 1 heterocycles. The molecule has 0 saturated heterocycles. The van der Waals surface area contributed by atoms with Gasteiger partial charge in [-0.3, -0.25) is 9.59 Å². The van der Waals surface area contributed by atoms with Crippen LogP contribution in [0.1, 0.15) is 32.1 Å². The fraction of sp³-hybridized carbons (Fsp3) is 0.444. The molecule has 24 heavy (non-hydrogen) atoms. The highest BCUT2D eigenvalue weighted by atomic mass is 16.5. The molecule has 0 unspecified atom stereocenters. The van der Waals surface area contributed by atoms with Crippen molar-refractivity contribution in [1.82, 2.24) is 4.57 Å². The van der Waals surface area contributed by atoms with Crippen LogP contribution in [0.15, 0.2) is 30.5 Å². The number of fused-ring (bicyclic) bond motifs is 1. The molecule has 1 aliphatic carbocycles. The third-order valence-electron chi connectivity index (χ3n) is 4.80. The minimum atomic E-state index is -0.885. The molecule has 6 nitrogen and oxygen atoms in total. The van der Waals surface area contributed by atoms with E-state index in [1.807, 2.05) is 18.2 Å². The topological polar surface area (TPSA) is 80.6 Å². The van der Waals surface area contributed by atoms with Gasteiger partial charge in [0.25, 0.3) is 5.91 Å². The first kappa shape index (κ1) is 16.5. The number of nitrogens with zero attached hydrogens (tertiary/aromatic N) is 1. The van der Waals surface area contributed by atoms with Crippen LogP contribution in [-0.2, 0) is 20.9 Å². The standard InChI is InChI=1S/C18H22N2O4/c1-24-18(8-3-2-4-9-18)17(23)19-14-5-6-15-13(11-14)7-10-20(15)12-16(21)22/h5-7,10-11H,2-4,8-9,12H2,1H3,(H,19,23)(H,21,22). The maximum Gasteiger partial charge on any atom is 0.323 e. The van der Waals surface area contributed by atoms with E-state index < -0.39 is 11.6 Å². The summed E-state index contributed by atoms with van der Waals surface area (Å²) in [5.74, 6) is -0.988. The summed E-state index contributed by atoms with van der Waals surface area (Å²) in [7, 11) is 1.60. The number of hydrogen-bond acceptors (Lipinski definition) is 3. The van der Waals surface area contributed by atoms with Gasteiger partial charge in [0.2, 0.25) is 0 Å². The van der Waals surface area contributed by atoms with Gasteiger partial charge in [-0.2, -0.15) is 0 Å². The average Bonchev–Trinajstić information content (AvgIpc) is 2.97. The van der Waals surface area contributed by atoms with E-state index in [1.54, 1.807) is 23.9 Å². The Morgan fingerprint density at radius 3 is 2.67 bits per heavy atom. The third-order valence-corrected chi connectivity index (χ3v) is 4.80. The van der Waals surface area contributed by atoms with Crippen LogP contribution in [-0.4, -0.2) is 34.3 Å². The summed E-state index contributed by atoms with van der Waals surface area (Å²) < 4.78 is 7.23. The zero-order valence-corrected chi connectivity index (χ0v) is 13.7. The Morgan fingerprint density at radius 2 is 2.00 bits per heavy atom. The number of aromatic nitrogens is 1. The third kappa shape index (κ3) is 3.14. The Morgan fingerprint density at radius 1 is 1.25 bits per heavy atom. The van der Waals surface area contributed by atoms with Crippen molar-refractivity contribution in [3.05, 3.63) is 30.5 Å². The van der Waals surface area contributed by atoms with E-state index in [9.17, 15) is 9.59 Å². The molecule has 128 valence electrons. The van der Waals surface area contributed by atoms with Crippen LogP contribution in [0.4, 0.5) is 5.69 Å². The van der Waals surface area contributed by atoms with Crippen molar-refractivity contribution in [2.75, 3.05) is 12.4 Å². The Kier molecular flexibility index (Phi) is 4.57. The van der Waals surface area contributed by atoms with E-state index in [0.717, 1.165) is 43.0 Å².